The van der Waals surface area contributed by atoms with Crippen LogP contribution in [-0.2, 0) is 6.54 Å². The smallest absolute Gasteiger partial charge is 0.315 e. The number of nitrogens with zero attached hydrogens (tertiary/aromatic N) is 1. The van der Waals surface area contributed by atoms with Gasteiger partial charge in [-0.15, -0.1) is 0 Å². The minimum absolute atomic E-state index is 0.0706. The Morgan fingerprint density at radius 2 is 1.84 bits per heavy atom. The topological polar surface area (TPSA) is 53.6 Å². The van der Waals surface area contributed by atoms with Gasteiger partial charge in [0.15, 0.2) is 11.6 Å². The highest BCUT2D eigenvalue weighted by Crippen LogP contribution is 2.32. The number of amides is 2. The quantitative estimate of drug-likeness (QED) is 0.690. The Kier molecular flexibility index (Phi) is 7.55. The largest absolute Gasteiger partial charge is 0.494 e. The molecule has 2 aromatic rings. The van der Waals surface area contributed by atoms with E-state index in [-0.39, 0.29) is 35.1 Å². The van der Waals surface area contributed by atoms with Crippen LogP contribution in [0.15, 0.2) is 48.5 Å². The van der Waals surface area contributed by atoms with Crippen LogP contribution in [0, 0.1) is 11.2 Å². The molecule has 0 aliphatic carbocycles. The van der Waals surface area contributed by atoms with Crippen LogP contribution >= 0.6 is 0 Å². The zero-order valence-corrected chi connectivity index (χ0v) is 19.0. The summed E-state index contributed by atoms with van der Waals surface area (Å²) in [4.78, 5) is 15.0. The molecule has 1 fully saturated rings. The maximum Gasteiger partial charge on any atom is 0.315 e. The number of carbonyl (C=O) groups excluding carboxylic acids is 1. The van der Waals surface area contributed by atoms with Crippen molar-refractivity contribution in [2.75, 3.05) is 20.2 Å². The van der Waals surface area contributed by atoms with E-state index in [1.54, 1.807) is 6.07 Å². The molecule has 0 bridgehead atoms. The highest BCUT2D eigenvalue weighted by Gasteiger charge is 2.29. The second-order valence-corrected chi connectivity index (χ2v) is 9.35. The summed E-state index contributed by atoms with van der Waals surface area (Å²) in [5.74, 6) is -0.0678. The van der Waals surface area contributed by atoms with Crippen LogP contribution in [0.2, 0.25) is 0 Å². The SMILES string of the molecule is COc1ccc(CN2CCC(NC(=O)NC(c3ccccc3)C(C)(C)C)CC2)cc1F. The molecule has 6 heteroatoms. The number of halogens is 1. The van der Waals surface area contributed by atoms with Crippen molar-refractivity contribution in [1.82, 2.24) is 15.5 Å². The van der Waals surface area contributed by atoms with Gasteiger partial charge in [0.1, 0.15) is 0 Å². The first kappa shape index (κ1) is 23.1. The van der Waals surface area contributed by atoms with Crippen LogP contribution in [-0.4, -0.2) is 37.2 Å². The number of hydrogen-bond acceptors (Lipinski definition) is 3. The fourth-order valence-corrected chi connectivity index (χ4v) is 4.11. The first-order valence-electron chi connectivity index (χ1n) is 10.9. The molecule has 3 rings (SSSR count). The number of urea groups is 1. The summed E-state index contributed by atoms with van der Waals surface area (Å²) in [7, 11) is 1.47. The first-order valence-corrected chi connectivity index (χ1v) is 10.9. The molecule has 1 aliphatic rings. The molecule has 1 heterocycles. The van der Waals surface area contributed by atoms with Gasteiger partial charge in [0.05, 0.1) is 13.2 Å². The number of rotatable bonds is 6. The van der Waals surface area contributed by atoms with Gasteiger partial charge in [-0.1, -0.05) is 57.2 Å². The lowest BCUT2D eigenvalue weighted by Gasteiger charge is -2.35. The minimum atomic E-state index is -0.333. The van der Waals surface area contributed by atoms with Gasteiger partial charge in [-0.05, 0) is 41.5 Å². The van der Waals surface area contributed by atoms with Crippen molar-refractivity contribution in [1.29, 1.82) is 0 Å². The van der Waals surface area contributed by atoms with E-state index in [9.17, 15) is 9.18 Å². The van der Waals surface area contributed by atoms with Crippen molar-refractivity contribution in [3.8, 4) is 5.75 Å². The average molecular weight is 428 g/mol. The Labute approximate surface area is 185 Å². The average Bonchev–Trinajstić information content (AvgIpc) is 2.73. The molecule has 5 nitrogen and oxygen atoms in total. The Hall–Kier alpha value is -2.60. The van der Waals surface area contributed by atoms with E-state index in [1.807, 2.05) is 24.3 Å². The van der Waals surface area contributed by atoms with Gasteiger partial charge in [-0.25, -0.2) is 9.18 Å². The van der Waals surface area contributed by atoms with E-state index in [4.69, 9.17) is 4.74 Å². The molecule has 0 aromatic heterocycles. The summed E-state index contributed by atoms with van der Waals surface area (Å²) in [5.41, 5.74) is 1.93. The van der Waals surface area contributed by atoms with E-state index < -0.39 is 0 Å². The summed E-state index contributed by atoms with van der Waals surface area (Å²) < 4.78 is 18.9. The third kappa shape index (κ3) is 6.44. The highest BCUT2D eigenvalue weighted by molar-refractivity contribution is 5.75. The monoisotopic (exact) mass is 427 g/mol. The number of hydrogen-bond donors (Lipinski definition) is 2. The van der Waals surface area contributed by atoms with Crippen molar-refractivity contribution >= 4 is 6.03 Å². The fourth-order valence-electron chi connectivity index (χ4n) is 4.11. The van der Waals surface area contributed by atoms with Crippen molar-refractivity contribution in [2.24, 2.45) is 5.41 Å². The number of likely N-dealkylation sites (tertiary alicyclic amines) is 1. The Morgan fingerprint density at radius 3 is 2.42 bits per heavy atom. The molecule has 1 saturated heterocycles. The van der Waals surface area contributed by atoms with E-state index in [1.165, 1.54) is 13.2 Å². The number of benzene rings is 2. The predicted molar refractivity (Wildman–Crippen MR) is 122 cm³/mol. The number of nitrogens with one attached hydrogen (secondary N) is 2. The molecule has 0 saturated carbocycles. The maximum atomic E-state index is 13.9. The highest BCUT2D eigenvalue weighted by atomic mass is 19.1. The lowest BCUT2D eigenvalue weighted by atomic mass is 9.82. The normalized spacial score (nSPS) is 16.5. The molecule has 2 amide bonds. The van der Waals surface area contributed by atoms with Crippen molar-refractivity contribution in [2.45, 2.75) is 52.2 Å². The standard InChI is InChI=1S/C25H34FN3O2/c1-25(2,3)23(19-8-6-5-7-9-19)28-24(30)27-20-12-14-29(15-13-20)17-18-10-11-22(31-4)21(26)16-18/h5-11,16,20,23H,12-15,17H2,1-4H3,(H2,27,28,30). The van der Waals surface area contributed by atoms with E-state index in [2.05, 4.69) is 48.4 Å². The third-order valence-electron chi connectivity index (χ3n) is 5.82. The van der Waals surface area contributed by atoms with Crippen LogP contribution in [0.1, 0.15) is 50.8 Å². The number of carbonyl (C=O) groups is 1. The molecule has 31 heavy (non-hydrogen) atoms. The van der Waals surface area contributed by atoms with Crippen LogP contribution in [0.5, 0.6) is 5.75 Å². The van der Waals surface area contributed by atoms with Crippen LogP contribution in [0.25, 0.3) is 0 Å². The van der Waals surface area contributed by atoms with Gasteiger partial charge in [0, 0.05) is 25.7 Å². The van der Waals surface area contributed by atoms with E-state index in [0.29, 0.717) is 6.54 Å². The Bertz CT molecular complexity index is 859. The summed E-state index contributed by atoms with van der Waals surface area (Å²) >= 11 is 0. The van der Waals surface area contributed by atoms with Gasteiger partial charge < -0.3 is 15.4 Å². The fraction of sp³-hybridized carbons (Fsp3) is 0.480. The second kappa shape index (κ2) is 10.1. The molecule has 2 aromatic carbocycles. The minimum Gasteiger partial charge on any atom is -0.494 e. The van der Waals surface area contributed by atoms with E-state index >= 15 is 0 Å². The van der Waals surface area contributed by atoms with E-state index in [0.717, 1.165) is 37.1 Å². The zero-order chi connectivity index (χ0) is 22.4. The molecule has 168 valence electrons. The lowest BCUT2D eigenvalue weighted by Crippen LogP contribution is -2.49. The molecule has 1 unspecified atom stereocenters. The van der Waals surface area contributed by atoms with Gasteiger partial charge in [0.2, 0.25) is 0 Å². The number of ether oxygens (including phenoxy) is 1. The molecule has 2 N–H and O–H groups in total. The van der Waals surface area contributed by atoms with Crippen molar-refractivity contribution in [3.05, 3.63) is 65.5 Å². The molecular weight excluding hydrogens is 393 g/mol. The summed E-state index contributed by atoms with van der Waals surface area (Å²) in [6, 6.07) is 15.1. The van der Waals surface area contributed by atoms with Gasteiger partial charge in [0.25, 0.3) is 0 Å². The summed E-state index contributed by atoms with van der Waals surface area (Å²) in [6.45, 7) is 8.81. The third-order valence-corrected chi connectivity index (χ3v) is 5.82. The molecule has 1 aliphatic heterocycles. The summed E-state index contributed by atoms with van der Waals surface area (Å²) in [5, 5.41) is 6.32. The van der Waals surface area contributed by atoms with Crippen LogP contribution in [0.3, 0.4) is 0 Å². The van der Waals surface area contributed by atoms with Gasteiger partial charge in [-0.3, -0.25) is 4.90 Å². The van der Waals surface area contributed by atoms with Gasteiger partial charge >= 0.3 is 6.03 Å². The van der Waals surface area contributed by atoms with Gasteiger partial charge in [-0.2, -0.15) is 0 Å². The number of piperidine rings is 1. The van der Waals surface area contributed by atoms with Crippen molar-refractivity contribution < 1.29 is 13.9 Å². The Balaban J connectivity index is 1.50. The molecule has 1 atom stereocenters. The lowest BCUT2D eigenvalue weighted by molar-refractivity contribution is 0.181. The Morgan fingerprint density at radius 1 is 1.16 bits per heavy atom. The van der Waals surface area contributed by atoms with Crippen LogP contribution in [0.4, 0.5) is 9.18 Å². The predicted octanol–water partition coefficient (Wildman–Crippen LogP) is 4.89. The maximum absolute atomic E-state index is 13.9. The summed E-state index contributed by atoms with van der Waals surface area (Å²) in [6.07, 6.45) is 1.75. The first-order chi connectivity index (χ1) is 14.8. The van der Waals surface area contributed by atoms with Crippen molar-refractivity contribution in [3.63, 3.8) is 0 Å². The molecule has 0 spiro atoms. The molecule has 0 radical (unpaired) electrons. The molecular formula is C25H34FN3O2. The zero-order valence-electron chi connectivity index (χ0n) is 19.0. The number of methoxy groups -OCH3 is 1. The van der Waals surface area contributed by atoms with Crippen LogP contribution < -0.4 is 15.4 Å². The second-order valence-electron chi connectivity index (χ2n) is 9.35.